The van der Waals surface area contributed by atoms with Crippen LogP contribution in [-0.2, 0) is 0 Å². The van der Waals surface area contributed by atoms with Gasteiger partial charge >= 0.3 is 0 Å². The van der Waals surface area contributed by atoms with Crippen LogP contribution in [0.3, 0.4) is 0 Å². The number of hydrogen-bond acceptors (Lipinski definition) is 1. The van der Waals surface area contributed by atoms with E-state index in [9.17, 15) is 5.11 Å². The predicted octanol–water partition coefficient (Wildman–Crippen LogP) is 5.65. The third kappa shape index (κ3) is 4.22. The third-order valence-corrected chi connectivity index (χ3v) is 5.99. The van der Waals surface area contributed by atoms with Crippen LogP contribution in [0.15, 0.2) is 23.3 Å². The molecule has 0 radical (unpaired) electrons. The fourth-order valence-corrected chi connectivity index (χ4v) is 4.22. The normalized spacial score (nSPS) is 40.0. The zero-order chi connectivity index (χ0) is 15.7. The van der Waals surface area contributed by atoms with E-state index in [4.69, 9.17) is 0 Å². The van der Waals surface area contributed by atoms with Gasteiger partial charge in [0.25, 0.3) is 0 Å². The van der Waals surface area contributed by atoms with Gasteiger partial charge in [0.1, 0.15) is 0 Å². The van der Waals surface area contributed by atoms with Crippen molar-refractivity contribution in [3.8, 4) is 0 Å². The molecule has 120 valence electrons. The predicted molar refractivity (Wildman–Crippen MR) is 91.2 cm³/mol. The Morgan fingerprint density at radius 2 is 2.00 bits per heavy atom. The average Bonchev–Trinajstić information content (AvgIpc) is 3.16. The average molecular weight is 290 g/mol. The zero-order valence-corrected chi connectivity index (χ0v) is 14.7. The van der Waals surface area contributed by atoms with Crippen LogP contribution in [-0.4, -0.2) is 10.7 Å². The summed E-state index contributed by atoms with van der Waals surface area (Å²) in [4.78, 5) is 0. The second-order valence-corrected chi connectivity index (χ2v) is 8.37. The largest absolute Gasteiger partial charge is 0.390 e. The maximum absolute atomic E-state index is 10.8. The minimum Gasteiger partial charge on any atom is -0.390 e. The van der Waals surface area contributed by atoms with Crippen LogP contribution in [0.2, 0.25) is 0 Å². The number of rotatable bonds is 3. The van der Waals surface area contributed by atoms with Gasteiger partial charge in [-0.15, -0.1) is 0 Å². The molecule has 0 aromatic heterocycles. The molecule has 1 N–H and O–H groups in total. The molecule has 0 spiro atoms. The molecule has 4 unspecified atom stereocenters. The highest BCUT2D eigenvalue weighted by Gasteiger charge is 2.56. The lowest BCUT2D eigenvalue weighted by Gasteiger charge is -2.34. The Morgan fingerprint density at radius 1 is 1.29 bits per heavy atom. The van der Waals surface area contributed by atoms with Gasteiger partial charge in [-0.1, -0.05) is 30.2 Å². The molecule has 1 nitrogen and oxygen atoms in total. The van der Waals surface area contributed by atoms with E-state index in [1.807, 2.05) is 0 Å². The molecule has 1 saturated carbocycles. The van der Waals surface area contributed by atoms with Gasteiger partial charge in [-0.05, 0) is 89.9 Å². The molecule has 0 heterocycles. The first-order valence-corrected chi connectivity index (χ1v) is 8.76. The first-order chi connectivity index (χ1) is 9.74. The monoisotopic (exact) mass is 290 g/mol. The fraction of sp³-hybridized carbons (Fsp3) is 0.800. The van der Waals surface area contributed by atoms with Crippen molar-refractivity contribution >= 4 is 0 Å². The Hall–Kier alpha value is -0.560. The number of fused-ring (bicyclic) bond motifs is 1. The van der Waals surface area contributed by atoms with Crippen LogP contribution < -0.4 is 0 Å². The number of allylic oxidation sites excluding steroid dienone is 4. The SMILES string of the molecule is CC(C)=CCCC1(C)CCC(C)=CCCC(C)(O)C2CC21. The van der Waals surface area contributed by atoms with Gasteiger partial charge in [-0.3, -0.25) is 0 Å². The minimum absolute atomic E-state index is 0.396. The van der Waals surface area contributed by atoms with Crippen molar-refractivity contribution in [2.45, 2.75) is 85.2 Å². The fourth-order valence-electron chi connectivity index (χ4n) is 4.22. The smallest absolute Gasteiger partial charge is 0.0653 e. The van der Waals surface area contributed by atoms with Crippen molar-refractivity contribution in [2.75, 3.05) is 0 Å². The summed E-state index contributed by atoms with van der Waals surface area (Å²) in [6.07, 6.45) is 12.9. The highest BCUT2D eigenvalue weighted by atomic mass is 16.3. The van der Waals surface area contributed by atoms with E-state index in [1.165, 1.54) is 43.3 Å². The lowest BCUT2D eigenvalue weighted by molar-refractivity contribution is 0.0122. The molecule has 0 bridgehead atoms. The highest BCUT2D eigenvalue weighted by Crippen LogP contribution is 2.60. The lowest BCUT2D eigenvalue weighted by atomic mass is 9.72. The molecular formula is C20H34O. The van der Waals surface area contributed by atoms with Gasteiger partial charge < -0.3 is 5.11 Å². The Morgan fingerprint density at radius 3 is 2.67 bits per heavy atom. The van der Waals surface area contributed by atoms with Crippen LogP contribution in [0, 0.1) is 17.3 Å². The molecule has 2 aliphatic rings. The van der Waals surface area contributed by atoms with E-state index in [0.717, 1.165) is 18.8 Å². The molecular weight excluding hydrogens is 256 g/mol. The van der Waals surface area contributed by atoms with Gasteiger partial charge in [-0.25, -0.2) is 0 Å². The van der Waals surface area contributed by atoms with Crippen LogP contribution in [0.25, 0.3) is 0 Å². The molecule has 0 aromatic carbocycles. The molecule has 0 saturated heterocycles. The third-order valence-electron chi connectivity index (χ3n) is 5.99. The van der Waals surface area contributed by atoms with Crippen LogP contribution in [0.4, 0.5) is 0 Å². The van der Waals surface area contributed by atoms with Crippen molar-refractivity contribution in [2.24, 2.45) is 17.3 Å². The Bertz CT molecular complexity index is 425. The molecule has 0 amide bonds. The van der Waals surface area contributed by atoms with Crippen LogP contribution >= 0.6 is 0 Å². The van der Waals surface area contributed by atoms with Crippen molar-refractivity contribution in [1.29, 1.82) is 0 Å². The van der Waals surface area contributed by atoms with Gasteiger partial charge in [0.2, 0.25) is 0 Å². The summed E-state index contributed by atoms with van der Waals surface area (Å²) in [5, 5.41) is 10.8. The summed E-state index contributed by atoms with van der Waals surface area (Å²) in [6, 6.07) is 0. The van der Waals surface area contributed by atoms with E-state index in [-0.39, 0.29) is 0 Å². The maximum atomic E-state index is 10.8. The molecule has 4 atom stereocenters. The second kappa shape index (κ2) is 6.28. The summed E-state index contributed by atoms with van der Waals surface area (Å²) in [5.74, 6) is 1.25. The summed E-state index contributed by atoms with van der Waals surface area (Å²) >= 11 is 0. The minimum atomic E-state index is -0.462. The molecule has 1 heteroatoms. The second-order valence-electron chi connectivity index (χ2n) is 8.37. The van der Waals surface area contributed by atoms with Gasteiger partial charge in [0, 0.05) is 0 Å². The van der Waals surface area contributed by atoms with Crippen molar-refractivity contribution < 1.29 is 5.11 Å². The van der Waals surface area contributed by atoms with Crippen molar-refractivity contribution in [3.05, 3.63) is 23.3 Å². The first-order valence-electron chi connectivity index (χ1n) is 8.76. The zero-order valence-electron chi connectivity index (χ0n) is 14.7. The molecule has 2 rings (SSSR count). The summed E-state index contributed by atoms with van der Waals surface area (Å²) < 4.78 is 0. The van der Waals surface area contributed by atoms with Crippen molar-refractivity contribution in [3.63, 3.8) is 0 Å². The van der Waals surface area contributed by atoms with E-state index in [1.54, 1.807) is 0 Å². The highest BCUT2D eigenvalue weighted by molar-refractivity contribution is 5.10. The van der Waals surface area contributed by atoms with Gasteiger partial charge in [0.15, 0.2) is 0 Å². The topological polar surface area (TPSA) is 20.2 Å². The van der Waals surface area contributed by atoms with E-state index in [0.29, 0.717) is 11.3 Å². The van der Waals surface area contributed by atoms with E-state index < -0.39 is 5.60 Å². The van der Waals surface area contributed by atoms with Crippen molar-refractivity contribution in [1.82, 2.24) is 0 Å². The molecule has 0 aliphatic heterocycles. The summed E-state index contributed by atoms with van der Waals surface area (Å²) in [6.45, 7) is 11.2. The molecule has 21 heavy (non-hydrogen) atoms. The standard InChI is InChI=1S/C20H34O/c1-15(2)8-6-11-19(4)13-10-16(3)9-7-12-20(5,21)18-14-17(18)19/h8-9,17-18,21H,6-7,10-14H2,1-5H3. The number of hydrogen-bond donors (Lipinski definition) is 1. The Kier molecular flexibility index (Phi) is 5.03. The Balaban J connectivity index is 2.13. The quantitative estimate of drug-likeness (QED) is 0.666. The lowest BCUT2D eigenvalue weighted by Crippen LogP contribution is -2.31. The van der Waals surface area contributed by atoms with E-state index in [2.05, 4.69) is 46.8 Å². The first kappa shape index (κ1) is 16.8. The number of aliphatic hydroxyl groups is 1. The van der Waals surface area contributed by atoms with Gasteiger partial charge in [0.05, 0.1) is 5.60 Å². The molecule has 2 aliphatic carbocycles. The summed E-state index contributed by atoms with van der Waals surface area (Å²) in [7, 11) is 0. The summed E-state index contributed by atoms with van der Waals surface area (Å²) in [5.41, 5.74) is 2.87. The van der Waals surface area contributed by atoms with E-state index >= 15 is 0 Å². The Labute approximate surface area is 131 Å². The van der Waals surface area contributed by atoms with Crippen LogP contribution in [0.1, 0.15) is 79.6 Å². The van der Waals surface area contributed by atoms with Gasteiger partial charge in [-0.2, -0.15) is 0 Å². The van der Waals surface area contributed by atoms with Crippen LogP contribution in [0.5, 0.6) is 0 Å². The maximum Gasteiger partial charge on any atom is 0.0653 e. The molecule has 1 fully saturated rings. The molecule has 0 aromatic rings.